The van der Waals surface area contributed by atoms with E-state index in [0.29, 0.717) is 11.8 Å². The van der Waals surface area contributed by atoms with Crippen LogP contribution in [0.5, 0.6) is 0 Å². The van der Waals surface area contributed by atoms with E-state index in [1.807, 2.05) is 17.0 Å². The number of halogens is 1. The van der Waals surface area contributed by atoms with Gasteiger partial charge in [-0.2, -0.15) is 4.31 Å². The van der Waals surface area contributed by atoms with E-state index in [1.165, 1.54) is 22.5 Å². The number of aromatic nitrogens is 1. The first-order chi connectivity index (χ1) is 14.4. The average molecular weight is 431 g/mol. The Bertz CT molecular complexity index is 1040. The predicted molar refractivity (Wildman–Crippen MR) is 109 cm³/mol. The lowest BCUT2D eigenvalue weighted by atomic mass is 10.0. The number of amides is 1. The van der Waals surface area contributed by atoms with Gasteiger partial charge in [0.2, 0.25) is 15.9 Å². The SMILES string of the molecule is O=C(C1CN(S(=O)(=O)c2cccc(F)c2)C1)N1CC2CN(c3ccncc3)CC2C1. The number of benzene rings is 1. The highest BCUT2D eigenvalue weighted by molar-refractivity contribution is 7.89. The molecule has 0 saturated carbocycles. The Labute approximate surface area is 175 Å². The van der Waals surface area contributed by atoms with Gasteiger partial charge < -0.3 is 9.80 Å². The normalized spacial score (nSPS) is 24.7. The van der Waals surface area contributed by atoms with E-state index >= 15 is 0 Å². The van der Waals surface area contributed by atoms with Crippen molar-refractivity contribution in [2.75, 3.05) is 44.2 Å². The molecule has 1 aromatic heterocycles. The van der Waals surface area contributed by atoms with E-state index in [-0.39, 0.29) is 29.8 Å². The van der Waals surface area contributed by atoms with Crippen LogP contribution in [0.25, 0.3) is 0 Å². The van der Waals surface area contributed by atoms with Gasteiger partial charge in [-0.05, 0) is 30.3 Å². The molecule has 2 atom stereocenters. The van der Waals surface area contributed by atoms with Gasteiger partial charge in [0.1, 0.15) is 5.82 Å². The van der Waals surface area contributed by atoms with E-state index < -0.39 is 15.8 Å². The van der Waals surface area contributed by atoms with Crippen molar-refractivity contribution in [3.8, 4) is 0 Å². The smallest absolute Gasteiger partial charge is 0.243 e. The summed E-state index contributed by atoms with van der Waals surface area (Å²) in [6, 6.07) is 8.99. The molecule has 0 N–H and O–H groups in total. The average Bonchev–Trinajstić information content (AvgIpc) is 3.26. The van der Waals surface area contributed by atoms with Crippen molar-refractivity contribution in [1.82, 2.24) is 14.2 Å². The Morgan fingerprint density at radius 3 is 2.27 bits per heavy atom. The van der Waals surface area contributed by atoms with Gasteiger partial charge in [-0.3, -0.25) is 9.78 Å². The van der Waals surface area contributed by atoms with Crippen LogP contribution in [0.3, 0.4) is 0 Å². The summed E-state index contributed by atoms with van der Waals surface area (Å²) < 4.78 is 39.9. The number of anilines is 1. The molecule has 0 spiro atoms. The number of sulfonamides is 1. The molecule has 2 aromatic rings. The first-order valence-electron chi connectivity index (χ1n) is 10.1. The molecule has 3 saturated heterocycles. The van der Waals surface area contributed by atoms with Gasteiger partial charge in [0.15, 0.2) is 0 Å². The van der Waals surface area contributed by atoms with Crippen molar-refractivity contribution in [2.45, 2.75) is 4.90 Å². The summed E-state index contributed by atoms with van der Waals surface area (Å²) in [7, 11) is -3.76. The van der Waals surface area contributed by atoms with Crippen molar-refractivity contribution >= 4 is 21.6 Å². The lowest BCUT2D eigenvalue weighted by molar-refractivity contribution is -0.138. The summed E-state index contributed by atoms with van der Waals surface area (Å²) in [5.74, 6) is 0.00583. The Balaban J connectivity index is 1.17. The molecule has 5 rings (SSSR count). The fourth-order valence-corrected chi connectivity index (χ4v) is 6.33. The van der Waals surface area contributed by atoms with Gasteiger partial charge in [0, 0.05) is 69.2 Å². The predicted octanol–water partition coefficient (Wildman–Crippen LogP) is 1.44. The third kappa shape index (κ3) is 3.35. The summed E-state index contributed by atoms with van der Waals surface area (Å²) in [6.07, 6.45) is 3.58. The van der Waals surface area contributed by atoms with E-state index in [9.17, 15) is 17.6 Å². The zero-order valence-electron chi connectivity index (χ0n) is 16.4. The third-order valence-corrected chi connectivity index (χ3v) is 8.28. The molecule has 7 nitrogen and oxygen atoms in total. The topological polar surface area (TPSA) is 73.8 Å². The molecule has 9 heteroatoms. The number of likely N-dealkylation sites (tertiary alicyclic amines) is 1. The molecule has 3 aliphatic rings. The maximum atomic E-state index is 13.4. The second-order valence-corrected chi connectivity index (χ2v) is 10.3. The Morgan fingerprint density at radius 2 is 1.63 bits per heavy atom. The van der Waals surface area contributed by atoms with Crippen molar-refractivity contribution in [3.05, 3.63) is 54.6 Å². The van der Waals surface area contributed by atoms with Crippen LogP contribution in [0.1, 0.15) is 0 Å². The number of hydrogen-bond donors (Lipinski definition) is 0. The van der Waals surface area contributed by atoms with Crippen molar-refractivity contribution < 1.29 is 17.6 Å². The highest BCUT2D eigenvalue weighted by Gasteiger charge is 2.47. The van der Waals surface area contributed by atoms with Gasteiger partial charge in [0.05, 0.1) is 10.8 Å². The molecular formula is C21H23FN4O3S. The fourth-order valence-electron chi connectivity index (χ4n) is 4.76. The molecule has 158 valence electrons. The number of hydrogen-bond acceptors (Lipinski definition) is 5. The molecule has 0 radical (unpaired) electrons. The number of nitrogens with zero attached hydrogens (tertiary/aromatic N) is 4. The van der Waals surface area contributed by atoms with E-state index in [4.69, 9.17) is 0 Å². The van der Waals surface area contributed by atoms with Crippen molar-refractivity contribution in [1.29, 1.82) is 0 Å². The van der Waals surface area contributed by atoms with Crippen LogP contribution in [-0.4, -0.2) is 67.8 Å². The number of pyridine rings is 1. The van der Waals surface area contributed by atoms with Crippen LogP contribution < -0.4 is 4.90 Å². The standard InChI is InChI=1S/C21H23FN4O3S/c22-18-2-1-3-20(8-18)30(28,29)26-13-17(14-26)21(27)25-11-15-9-24(10-16(15)12-25)19-4-6-23-7-5-19/h1-8,15-17H,9-14H2. The minimum atomic E-state index is -3.76. The van der Waals surface area contributed by atoms with Crippen molar-refractivity contribution in [3.63, 3.8) is 0 Å². The first kappa shape index (κ1) is 19.4. The van der Waals surface area contributed by atoms with Gasteiger partial charge in [-0.15, -0.1) is 0 Å². The molecule has 3 fully saturated rings. The second-order valence-electron chi connectivity index (χ2n) is 8.35. The number of rotatable bonds is 4. The number of carbonyl (C=O) groups excluding carboxylic acids is 1. The Hall–Kier alpha value is -2.52. The molecule has 0 bridgehead atoms. The summed E-state index contributed by atoms with van der Waals surface area (Å²) in [4.78, 5) is 21.1. The molecule has 0 aliphatic carbocycles. The van der Waals surface area contributed by atoms with Gasteiger partial charge in [-0.1, -0.05) is 6.07 Å². The maximum absolute atomic E-state index is 13.4. The number of fused-ring (bicyclic) bond motifs is 1. The zero-order valence-corrected chi connectivity index (χ0v) is 17.2. The van der Waals surface area contributed by atoms with Crippen LogP contribution in [0, 0.1) is 23.6 Å². The minimum Gasteiger partial charge on any atom is -0.371 e. The largest absolute Gasteiger partial charge is 0.371 e. The maximum Gasteiger partial charge on any atom is 0.243 e. The Morgan fingerprint density at radius 1 is 0.967 bits per heavy atom. The molecule has 1 aromatic carbocycles. The quantitative estimate of drug-likeness (QED) is 0.734. The lowest BCUT2D eigenvalue weighted by Crippen LogP contribution is -2.56. The van der Waals surface area contributed by atoms with Crippen LogP contribution in [0.15, 0.2) is 53.7 Å². The summed E-state index contributed by atoms with van der Waals surface area (Å²) >= 11 is 0. The van der Waals surface area contributed by atoms with Crippen LogP contribution in [0.2, 0.25) is 0 Å². The minimum absolute atomic E-state index is 0.0329. The van der Waals surface area contributed by atoms with Gasteiger partial charge >= 0.3 is 0 Å². The monoisotopic (exact) mass is 430 g/mol. The van der Waals surface area contributed by atoms with E-state index in [2.05, 4.69) is 9.88 Å². The van der Waals surface area contributed by atoms with E-state index in [0.717, 1.165) is 37.9 Å². The van der Waals surface area contributed by atoms with Crippen molar-refractivity contribution in [2.24, 2.45) is 17.8 Å². The van der Waals surface area contributed by atoms with Crippen LogP contribution in [-0.2, 0) is 14.8 Å². The van der Waals surface area contributed by atoms with Crippen LogP contribution in [0.4, 0.5) is 10.1 Å². The molecule has 3 aliphatic heterocycles. The van der Waals surface area contributed by atoms with Crippen LogP contribution >= 0.6 is 0 Å². The summed E-state index contributed by atoms with van der Waals surface area (Å²) in [5, 5.41) is 0. The highest BCUT2D eigenvalue weighted by Crippen LogP contribution is 2.35. The molecule has 4 heterocycles. The van der Waals surface area contributed by atoms with Gasteiger partial charge in [-0.25, -0.2) is 12.8 Å². The summed E-state index contributed by atoms with van der Waals surface area (Å²) in [5.41, 5.74) is 1.16. The third-order valence-electron chi connectivity index (χ3n) is 6.46. The highest BCUT2D eigenvalue weighted by atomic mass is 32.2. The fraction of sp³-hybridized carbons (Fsp3) is 0.429. The molecule has 30 heavy (non-hydrogen) atoms. The molecular weight excluding hydrogens is 407 g/mol. The lowest BCUT2D eigenvalue weighted by Gasteiger charge is -2.39. The first-order valence-corrected chi connectivity index (χ1v) is 11.6. The second kappa shape index (κ2) is 7.31. The van der Waals surface area contributed by atoms with Gasteiger partial charge in [0.25, 0.3) is 0 Å². The van der Waals surface area contributed by atoms with E-state index in [1.54, 1.807) is 12.4 Å². The Kier molecular flexibility index (Phi) is 4.74. The molecule has 1 amide bonds. The summed E-state index contributed by atoms with van der Waals surface area (Å²) in [6.45, 7) is 3.60. The zero-order chi connectivity index (χ0) is 20.9. The number of carbonyl (C=O) groups is 1. The molecule has 2 unspecified atom stereocenters.